The molecule has 0 saturated carbocycles. The number of hydrogen-bond donors (Lipinski definition) is 0. The quantitative estimate of drug-likeness (QED) is 0.606. The number of aromatic nitrogens is 3. The van der Waals surface area contributed by atoms with E-state index in [0.717, 1.165) is 22.9 Å². The van der Waals surface area contributed by atoms with Crippen LogP contribution in [0.15, 0.2) is 54.9 Å². The third-order valence-electron chi connectivity index (χ3n) is 5.11. The molecule has 1 amide bonds. The topological polar surface area (TPSA) is 54.3 Å². The molecule has 1 saturated heterocycles. The number of carbonyl (C=O) groups excluding carboxylic acids is 1. The van der Waals surface area contributed by atoms with E-state index in [2.05, 4.69) is 15.0 Å². The SMILES string of the molecule is O=C(c1cc(C(F)(F)F)nn1-c1ccccc1Cl)N1CCN(Cc2ccncc2)CC1. The Morgan fingerprint density at radius 1 is 1.03 bits per heavy atom. The summed E-state index contributed by atoms with van der Waals surface area (Å²) in [5.74, 6) is -0.508. The van der Waals surface area contributed by atoms with Gasteiger partial charge in [0, 0.05) is 51.2 Å². The summed E-state index contributed by atoms with van der Waals surface area (Å²) in [7, 11) is 0. The van der Waals surface area contributed by atoms with Gasteiger partial charge in [0.15, 0.2) is 5.69 Å². The molecule has 0 spiro atoms. The van der Waals surface area contributed by atoms with Crippen LogP contribution in [0, 0.1) is 0 Å². The summed E-state index contributed by atoms with van der Waals surface area (Å²) in [6.07, 6.45) is -1.23. The first-order valence-corrected chi connectivity index (χ1v) is 10.0. The van der Waals surface area contributed by atoms with Crippen LogP contribution in [0.3, 0.4) is 0 Å². The van der Waals surface area contributed by atoms with Gasteiger partial charge in [-0.2, -0.15) is 18.3 Å². The lowest BCUT2D eigenvalue weighted by Crippen LogP contribution is -2.48. The number of halogens is 4. The molecule has 0 aliphatic carbocycles. The lowest BCUT2D eigenvalue weighted by atomic mass is 10.2. The number of piperazine rings is 1. The average Bonchev–Trinajstić information content (AvgIpc) is 3.21. The zero-order chi connectivity index (χ0) is 22.0. The second kappa shape index (κ2) is 8.68. The second-order valence-corrected chi connectivity index (χ2v) is 7.61. The van der Waals surface area contributed by atoms with E-state index in [-0.39, 0.29) is 16.4 Å². The van der Waals surface area contributed by atoms with Crippen molar-refractivity contribution in [1.29, 1.82) is 0 Å². The van der Waals surface area contributed by atoms with E-state index in [1.165, 1.54) is 12.1 Å². The summed E-state index contributed by atoms with van der Waals surface area (Å²) in [4.78, 5) is 20.9. The first-order valence-electron chi connectivity index (χ1n) is 9.65. The van der Waals surface area contributed by atoms with Gasteiger partial charge in [0.05, 0.1) is 10.7 Å². The number of benzene rings is 1. The molecule has 0 radical (unpaired) electrons. The standard InChI is InChI=1S/C21H19ClF3N5O/c22-16-3-1-2-4-17(16)30-18(13-19(27-30)21(23,24)25)20(31)29-11-9-28(10-12-29)14-15-5-7-26-8-6-15/h1-8,13H,9-12,14H2. The Balaban J connectivity index is 1.54. The molecule has 3 aromatic rings. The van der Waals surface area contributed by atoms with Gasteiger partial charge in [0.25, 0.3) is 5.91 Å². The van der Waals surface area contributed by atoms with Crippen LogP contribution in [0.25, 0.3) is 5.69 Å². The maximum absolute atomic E-state index is 13.3. The van der Waals surface area contributed by atoms with Gasteiger partial charge in [-0.15, -0.1) is 0 Å². The first-order chi connectivity index (χ1) is 14.8. The number of amides is 1. The van der Waals surface area contributed by atoms with Gasteiger partial charge >= 0.3 is 6.18 Å². The van der Waals surface area contributed by atoms with Crippen molar-refractivity contribution in [2.75, 3.05) is 26.2 Å². The Morgan fingerprint density at radius 2 is 1.71 bits per heavy atom. The van der Waals surface area contributed by atoms with E-state index in [0.29, 0.717) is 26.2 Å². The van der Waals surface area contributed by atoms with Gasteiger partial charge in [-0.05, 0) is 29.8 Å². The maximum Gasteiger partial charge on any atom is 0.435 e. The third-order valence-corrected chi connectivity index (χ3v) is 5.43. The van der Waals surface area contributed by atoms with E-state index in [9.17, 15) is 18.0 Å². The van der Waals surface area contributed by atoms with Crippen molar-refractivity contribution in [3.05, 3.63) is 76.8 Å². The number of carbonyl (C=O) groups is 1. The van der Waals surface area contributed by atoms with Gasteiger partial charge < -0.3 is 4.90 Å². The molecule has 0 atom stereocenters. The van der Waals surface area contributed by atoms with Crippen LogP contribution in [0.4, 0.5) is 13.2 Å². The van der Waals surface area contributed by atoms with Gasteiger partial charge in [-0.1, -0.05) is 23.7 Å². The van der Waals surface area contributed by atoms with Crippen molar-refractivity contribution in [2.45, 2.75) is 12.7 Å². The van der Waals surface area contributed by atoms with Crippen molar-refractivity contribution in [3.63, 3.8) is 0 Å². The van der Waals surface area contributed by atoms with Crippen LogP contribution in [0.5, 0.6) is 0 Å². The third kappa shape index (κ3) is 4.72. The predicted molar refractivity (Wildman–Crippen MR) is 109 cm³/mol. The van der Waals surface area contributed by atoms with Crippen molar-refractivity contribution in [3.8, 4) is 5.69 Å². The number of hydrogen-bond acceptors (Lipinski definition) is 4. The molecule has 1 aliphatic rings. The molecule has 1 fully saturated rings. The van der Waals surface area contributed by atoms with Crippen LogP contribution >= 0.6 is 11.6 Å². The second-order valence-electron chi connectivity index (χ2n) is 7.20. The molecule has 31 heavy (non-hydrogen) atoms. The monoisotopic (exact) mass is 449 g/mol. The molecular formula is C21H19ClF3N5O. The fraction of sp³-hybridized carbons (Fsp3) is 0.286. The highest BCUT2D eigenvalue weighted by molar-refractivity contribution is 6.32. The van der Waals surface area contributed by atoms with Gasteiger partial charge in [-0.25, -0.2) is 4.68 Å². The molecule has 6 nitrogen and oxygen atoms in total. The average molecular weight is 450 g/mol. The van der Waals surface area contributed by atoms with Crippen LogP contribution in [-0.4, -0.2) is 56.7 Å². The summed E-state index contributed by atoms with van der Waals surface area (Å²) >= 11 is 6.16. The van der Waals surface area contributed by atoms with E-state index < -0.39 is 17.8 Å². The van der Waals surface area contributed by atoms with Crippen LogP contribution in [-0.2, 0) is 12.7 Å². The molecule has 0 N–H and O–H groups in total. The van der Waals surface area contributed by atoms with E-state index in [1.54, 1.807) is 29.4 Å². The zero-order valence-corrected chi connectivity index (χ0v) is 17.1. The summed E-state index contributed by atoms with van der Waals surface area (Å²) in [6, 6.07) is 11.0. The first kappa shape index (κ1) is 21.3. The number of nitrogens with zero attached hydrogens (tertiary/aromatic N) is 5. The molecule has 162 valence electrons. The minimum Gasteiger partial charge on any atom is -0.335 e. The van der Waals surface area contributed by atoms with Crippen molar-refractivity contribution >= 4 is 17.5 Å². The zero-order valence-electron chi connectivity index (χ0n) is 16.4. The fourth-order valence-electron chi connectivity index (χ4n) is 3.50. The minimum atomic E-state index is -4.68. The predicted octanol–water partition coefficient (Wildman–Crippen LogP) is 3.90. The highest BCUT2D eigenvalue weighted by Gasteiger charge is 2.37. The normalized spacial score (nSPS) is 15.3. The lowest BCUT2D eigenvalue weighted by molar-refractivity contribution is -0.141. The number of pyridine rings is 1. The smallest absolute Gasteiger partial charge is 0.335 e. The van der Waals surface area contributed by atoms with Crippen molar-refractivity contribution in [2.24, 2.45) is 0 Å². The van der Waals surface area contributed by atoms with E-state index in [4.69, 9.17) is 11.6 Å². The Kier molecular flexibility index (Phi) is 5.97. The Morgan fingerprint density at radius 3 is 2.35 bits per heavy atom. The van der Waals surface area contributed by atoms with Crippen LogP contribution in [0.1, 0.15) is 21.7 Å². The summed E-state index contributed by atoms with van der Waals surface area (Å²) < 4.78 is 40.9. The number of rotatable bonds is 4. The van der Waals surface area contributed by atoms with E-state index in [1.807, 2.05) is 12.1 Å². The largest absolute Gasteiger partial charge is 0.435 e. The molecule has 2 aromatic heterocycles. The number of alkyl halides is 3. The summed E-state index contributed by atoms with van der Waals surface area (Å²) in [5.41, 5.74) is 0.0378. The molecule has 3 heterocycles. The highest BCUT2D eigenvalue weighted by atomic mass is 35.5. The molecule has 0 unspecified atom stereocenters. The van der Waals surface area contributed by atoms with E-state index >= 15 is 0 Å². The lowest BCUT2D eigenvalue weighted by Gasteiger charge is -2.34. The number of para-hydroxylation sites is 1. The van der Waals surface area contributed by atoms with Crippen molar-refractivity contribution in [1.82, 2.24) is 24.6 Å². The highest BCUT2D eigenvalue weighted by Crippen LogP contribution is 2.31. The maximum atomic E-state index is 13.3. The van der Waals surface area contributed by atoms with Gasteiger partial charge in [-0.3, -0.25) is 14.7 Å². The van der Waals surface area contributed by atoms with Gasteiger partial charge in [0.1, 0.15) is 5.69 Å². The molecule has 1 aromatic carbocycles. The minimum absolute atomic E-state index is 0.164. The molecule has 4 rings (SSSR count). The fourth-order valence-corrected chi connectivity index (χ4v) is 3.71. The van der Waals surface area contributed by atoms with Crippen LogP contribution in [0.2, 0.25) is 5.02 Å². The summed E-state index contributed by atoms with van der Waals surface area (Å²) in [6.45, 7) is 2.75. The summed E-state index contributed by atoms with van der Waals surface area (Å²) in [5, 5.41) is 3.85. The van der Waals surface area contributed by atoms with Gasteiger partial charge in [0.2, 0.25) is 0 Å². The van der Waals surface area contributed by atoms with Crippen LogP contribution < -0.4 is 0 Å². The molecule has 0 bridgehead atoms. The molecular weight excluding hydrogens is 431 g/mol. The molecule has 10 heteroatoms. The Labute approximate surface area is 181 Å². The Bertz CT molecular complexity index is 1060. The Hall–Kier alpha value is -2.91. The van der Waals surface area contributed by atoms with Crippen molar-refractivity contribution < 1.29 is 18.0 Å². The molecule has 1 aliphatic heterocycles.